The molecule has 1 unspecified atom stereocenters. The highest BCUT2D eigenvalue weighted by atomic mass is 16.6. The monoisotopic (exact) mass is 665 g/mol. The van der Waals surface area contributed by atoms with Gasteiger partial charge in [-0.2, -0.15) is 0 Å². The van der Waals surface area contributed by atoms with E-state index < -0.39 is 35.8 Å². The van der Waals surface area contributed by atoms with Crippen molar-refractivity contribution in [2.24, 2.45) is 11.8 Å². The Bertz CT molecular complexity index is 1620. The Hall–Kier alpha value is -4.98. The van der Waals surface area contributed by atoms with Crippen molar-refractivity contribution in [1.82, 2.24) is 5.32 Å². The Morgan fingerprint density at radius 3 is 2.02 bits per heavy atom. The average Bonchev–Trinajstić information content (AvgIpc) is 3.38. The first-order valence-corrected chi connectivity index (χ1v) is 16.8. The molecule has 1 aliphatic rings. The molecule has 0 fully saturated rings. The molecule has 1 amide bonds. The molecule has 0 saturated heterocycles. The lowest BCUT2D eigenvalue weighted by atomic mass is 9.98. The van der Waals surface area contributed by atoms with Gasteiger partial charge in [-0.15, -0.1) is 0 Å². The number of carbonyl (C=O) groups excluding carboxylic acids is 4. The number of hydrogen-bond donors (Lipinski definition) is 1. The molecule has 0 bridgehead atoms. The van der Waals surface area contributed by atoms with Crippen molar-refractivity contribution in [3.63, 3.8) is 0 Å². The maximum absolute atomic E-state index is 13.7. The van der Waals surface area contributed by atoms with Gasteiger partial charge in [0.25, 0.3) is 0 Å². The van der Waals surface area contributed by atoms with Crippen molar-refractivity contribution in [3.8, 4) is 11.1 Å². The molecule has 0 aliphatic heterocycles. The fourth-order valence-electron chi connectivity index (χ4n) is 5.78. The Kier molecular flexibility index (Phi) is 12.7. The van der Waals surface area contributed by atoms with E-state index >= 15 is 0 Å². The lowest BCUT2D eigenvalue weighted by Crippen LogP contribution is -2.44. The molecule has 0 saturated carbocycles. The Morgan fingerprint density at radius 2 is 1.45 bits per heavy atom. The lowest BCUT2D eigenvalue weighted by molar-refractivity contribution is -0.153. The first kappa shape index (κ1) is 36.8. The highest BCUT2D eigenvalue weighted by Gasteiger charge is 2.31. The normalized spacial score (nSPS) is 14.6. The minimum absolute atomic E-state index is 0.0728. The van der Waals surface area contributed by atoms with Gasteiger partial charge in [-0.05, 0) is 60.9 Å². The molecule has 0 spiro atoms. The fourth-order valence-corrected chi connectivity index (χ4v) is 5.78. The molecule has 3 aromatic rings. The summed E-state index contributed by atoms with van der Waals surface area (Å²) in [7, 11) is 0. The molecule has 258 valence electrons. The average molecular weight is 666 g/mol. The predicted molar refractivity (Wildman–Crippen MR) is 191 cm³/mol. The molecule has 1 aliphatic carbocycles. The smallest absolute Gasteiger partial charge is 0.407 e. The Labute approximate surface area is 289 Å². The number of alkyl carbamates (subject to hydrolysis) is 1. The molecule has 1 N–H and O–H groups in total. The molecule has 4 rings (SSSR count). The number of carbonyl (C=O) groups is 4. The summed E-state index contributed by atoms with van der Waals surface area (Å²) in [5.41, 5.74) is 5.25. The first-order chi connectivity index (χ1) is 23.3. The largest absolute Gasteiger partial charge is 0.460 e. The van der Waals surface area contributed by atoms with Crippen molar-refractivity contribution < 1.29 is 33.4 Å². The summed E-state index contributed by atoms with van der Waals surface area (Å²) < 4.78 is 17.2. The molecule has 0 aromatic heterocycles. The van der Waals surface area contributed by atoms with E-state index in [0.717, 1.165) is 34.1 Å². The summed E-state index contributed by atoms with van der Waals surface area (Å²) in [5.74, 6) is -1.40. The van der Waals surface area contributed by atoms with Crippen LogP contribution in [-0.2, 0) is 23.8 Å². The summed E-state index contributed by atoms with van der Waals surface area (Å²) in [6.07, 6.45) is 6.77. The van der Waals surface area contributed by atoms with Crippen LogP contribution in [0.2, 0.25) is 0 Å². The van der Waals surface area contributed by atoms with Gasteiger partial charge in [0.15, 0.2) is 0 Å². The number of esters is 2. The van der Waals surface area contributed by atoms with Crippen molar-refractivity contribution >= 4 is 30.4 Å². The summed E-state index contributed by atoms with van der Waals surface area (Å²) in [4.78, 5) is 50.2. The second-order valence-corrected chi connectivity index (χ2v) is 13.8. The zero-order valence-corrected chi connectivity index (χ0v) is 29.2. The van der Waals surface area contributed by atoms with E-state index in [2.05, 4.69) is 17.4 Å². The van der Waals surface area contributed by atoms with E-state index in [1.165, 1.54) is 6.08 Å². The summed E-state index contributed by atoms with van der Waals surface area (Å²) in [5, 5.41) is 2.76. The highest BCUT2D eigenvalue weighted by Crippen LogP contribution is 2.44. The van der Waals surface area contributed by atoms with Gasteiger partial charge in [0, 0.05) is 29.9 Å². The highest BCUT2D eigenvalue weighted by molar-refractivity contribution is 5.83. The second kappa shape index (κ2) is 16.9. The van der Waals surface area contributed by atoms with E-state index in [1.54, 1.807) is 39.0 Å². The maximum atomic E-state index is 13.7. The van der Waals surface area contributed by atoms with Crippen LogP contribution in [0.25, 0.3) is 17.2 Å². The summed E-state index contributed by atoms with van der Waals surface area (Å²) in [6, 6.07) is 22.4. The van der Waals surface area contributed by atoms with Gasteiger partial charge >= 0.3 is 18.0 Å². The third-order valence-electron chi connectivity index (χ3n) is 8.18. The number of ether oxygens (including phenoxy) is 3. The van der Waals surface area contributed by atoms with Gasteiger partial charge in [-0.1, -0.05) is 112 Å². The van der Waals surface area contributed by atoms with E-state index in [1.807, 2.05) is 81.5 Å². The molecule has 49 heavy (non-hydrogen) atoms. The number of nitrogens with one attached hydrogen (secondary N) is 1. The fraction of sp³-hybridized carbons (Fsp3) is 0.366. The summed E-state index contributed by atoms with van der Waals surface area (Å²) in [6.45, 7) is 11.3. The van der Waals surface area contributed by atoms with Crippen LogP contribution in [0.15, 0.2) is 91.0 Å². The molecular formula is C41H47NO7. The van der Waals surface area contributed by atoms with E-state index in [-0.39, 0.29) is 30.8 Å². The standard InChI is InChI=1S/C41H47NO7/c1-27(2)24-36(42-40(46)47-26-35-33-14-9-7-12-31(33)32-13-8-10-15-34(32)35)39(45)48-37(16-11-17-38(44)49-41(4,5)6)28(3)18-19-29-20-22-30(25-43)23-21-29/h7-15,17-23,25,27-28,35-37H,16,24,26H2,1-6H3,(H,42,46)/b17-11+,19-18+/t28-,36?,37+/m1/s1. The van der Waals surface area contributed by atoms with Crippen molar-refractivity contribution in [2.45, 2.75) is 78.0 Å². The molecule has 0 heterocycles. The molecule has 3 atom stereocenters. The van der Waals surface area contributed by atoms with Gasteiger partial charge in [0.05, 0.1) is 0 Å². The van der Waals surface area contributed by atoms with E-state index in [0.29, 0.717) is 12.0 Å². The van der Waals surface area contributed by atoms with Gasteiger partial charge < -0.3 is 19.5 Å². The lowest BCUT2D eigenvalue weighted by Gasteiger charge is -2.26. The molecular weight excluding hydrogens is 618 g/mol. The molecule has 8 nitrogen and oxygen atoms in total. The van der Waals surface area contributed by atoms with Crippen LogP contribution in [0.4, 0.5) is 4.79 Å². The molecule has 0 radical (unpaired) electrons. The zero-order valence-electron chi connectivity index (χ0n) is 29.2. The van der Waals surface area contributed by atoms with Crippen molar-refractivity contribution in [1.29, 1.82) is 0 Å². The van der Waals surface area contributed by atoms with E-state index in [9.17, 15) is 19.2 Å². The Morgan fingerprint density at radius 1 is 0.857 bits per heavy atom. The van der Waals surface area contributed by atoms with Crippen molar-refractivity contribution in [3.05, 3.63) is 113 Å². The van der Waals surface area contributed by atoms with Gasteiger partial charge in [0.2, 0.25) is 0 Å². The van der Waals surface area contributed by atoms with Crippen LogP contribution >= 0.6 is 0 Å². The van der Waals surface area contributed by atoms with Gasteiger partial charge in [-0.25, -0.2) is 14.4 Å². The molecule has 8 heteroatoms. The van der Waals surface area contributed by atoms with Crippen LogP contribution in [0, 0.1) is 11.8 Å². The Balaban J connectivity index is 1.45. The number of hydrogen-bond acceptors (Lipinski definition) is 7. The third-order valence-corrected chi connectivity index (χ3v) is 8.18. The van der Waals surface area contributed by atoms with Crippen LogP contribution < -0.4 is 5.32 Å². The third kappa shape index (κ3) is 10.8. The minimum atomic E-state index is -0.944. The quantitative estimate of drug-likeness (QED) is 0.0799. The van der Waals surface area contributed by atoms with Crippen LogP contribution in [0.5, 0.6) is 0 Å². The number of benzene rings is 3. The SMILES string of the molecule is CC(C)CC(NC(=O)OCC1c2ccccc2-c2ccccc21)C(=O)O[C@@H](C/C=C/C(=O)OC(C)(C)C)[C@H](C)/C=C/c1ccc(C=O)cc1. The van der Waals surface area contributed by atoms with Gasteiger partial charge in [-0.3, -0.25) is 4.79 Å². The number of amides is 1. The zero-order chi connectivity index (χ0) is 35.6. The number of aldehydes is 1. The maximum Gasteiger partial charge on any atom is 0.407 e. The first-order valence-electron chi connectivity index (χ1n) is 16.8. The van der Waals surface area contributed by atoms with Crippen LogP contribution in [0.3, 0.4) is 0 Å². The van der Waals surface area contributed by atoms with Gasteiger partial charge in [0.1, 0.15) is 30.6 Å². The number of fused-ring (bicyclic) bond motifs is 3. The van der Waals surface area contributed by atoms with Crippen LogP contribution in [0.1, 0.15) is 87.4 Å². The molecule has 3 aromatic carbocycles. The van der Waals surface area contributed by atoms with E-state index in [4.69, 9.17) is 14.2 Å². The second-order valence-electron chi connectivity index (χ2n) is 13.8. The topological polar surface area (TPSA) is 108 Å². The van der Waals surface area contributed by atoms with Crippen molar-refractivity contribution in [2.75, 3.05) is 6.61 Å². The van der Waals surface area contributed by atoms with Crippen LogP contribution in [-0.4, -0.2) is 48.7 Å². The predicted octanol–water partition coefficient (Wildman–Crippen LogP) is 8.30. The number of rotatable bonds is 14. The summed E-state index contributed by atoms with van der Waals surface area (Å²) >= 11 is 0. The minimum Gasteiger partial charge on any atom is -0.460 e.